The van der Waals surface area contributed by atoms with Gasteiger partial charge >= 0.3 is 0 Å². The van der Waals surface area contributed by atoms with Gasteiger partial charge in [0.2, 0.25) is 0 Å². The number of rotatable bonds is 6. The lowest BCUT2D eigenvalue weighted by Gasteiger charge is -2.11. The summed E-state index contributed by atoms with van der Waals surface area (Å²) in [5, 5.41) is 13.3. The van der Waals surface area contributed by atoms with Gasteiger partial charge in [0.15, 0.2) is 0 Å². The number of fused-ring (bicyclic) bond motifs is 1. The van der Waals surface area contributed by atoms with E-state index in [1.807, 2.05) is 30.3 Å². The fourth-order valence-corrected chi connectivity index (χ4v) is 4.87. The molecule has 0 saturated carbocycles. The molecule has 0 saturated heterocycles. The predicted molar refractivity (Wildman–Crippen MR) is 130 cm³/mol. The van der Waals surface area contributed by atoms with Crippen molar-refractivity contribution < 1.29 is 17.9 Å². The number of nitriles is 1. The summed E-state index contributed by atoms with van der Waals surface area (Å²) in [4.78, 5) is 12.8. The average molecular weight is 495 g/mol. The van der Waals surface area contributed by atoms with Gasteiger partial charge in [-0.25, -0.2) is 13.1 Å². The van der Waals surface area contributed by atoms with E-state index in [-0.39, 0.29) is 16.2 Å². The van der Waals surface area contributed by atoms with Crippen molar-refractivity contribution >= 4 is 49.8 Å². The predicted octanol–water partition coefficient (Wildman–Crippen LogP) is 4.57. The number of sulfonamides is 1. The van der Waals surface area contributed by atoms with Crippen LogP contribution in [0.4, 0.5) is 11.4 Å². The molecule has 0 radical (unpaired) electrons. The van der Waals surface area contributed by atoms with Crippen LogP contribution in [-0.2, 0) is 17.1 Å². The number of carbonyl (C=O) groups is 1. The molecular formula is C24H19ClN4O4S. The minimum Gasteiger partial charge on any atom is -0.497 e. The first-order valence-corrected chi connectivity index (χ1v) is 11.9. The van der Waals surface area contributed by atoms with E-state index in [2.05, 4.69) is 10.0 Å². The largest absolute Gasteiger partial charge is 0.497 e. The molecule has 1 amide bonds. The van der Waals surface area contributed by atoms with Gasteiger partial charge in [0, 0.05) is 29.9 Å². The first kappa shape index (κ1) is 23.2. The molecule has 0 bridgehead atoms. The monoisotopic (exact) mass is 494 g/mol. The Morgan fingerprint density at radius 1 is 1.09 bits per heavy atom. The van der Waals surface area contributed by atoms with Crippen LogP contribution in [0.2, 0.25) is 5.02 Å². The van der Waals surface area contributed by atoms with E-state index in [1.54, 1.807) is 32.4 Å². The number of methoxy groups -OCH3 is 1. The standard InChI is InChI=1S/C24H19ClN4O4S/c1-29-22(24(30)28-34(31,32)18-8-3-5-15(11-18)14-26)13-19-21(10-9-20(25)23(19)29)27-16-6-4-7-17(12-16)33-2/h3-13,27H,1-2H3,(H,28,30). The quantitative estimate of drug-likeness (QED) is 0.406. The number of aryl methyl sites for hydroxylation is 1. The number of hydrogen-bond acceptors (Lipinski definition) is 6. The highest BCUT2D eigenvalue weighted by Gasteiger charge is 2.23. The number of anilines is 2. The second-order valence-electron chi connectivity index (χ2n) is 7.38. The summed E-state index contributed by atoms with van der Waals surface area (Å²) in [6, 6.07) is 19.7. The van der Waals surface area contributed by atoms with Crippen LogP contribution in [0.3, 0.4) is 0 Å². The molecular weight excluding hydrogens is 476 g/mol. The number of aromatic nitrogens is 1. The Balaban J connectivity index is 1.71. The summed E-state index contributed by atoms with van der Waals surface area (Å²) in [5.41, 5.74) is 2.25. The molecule has 172 valence electrons. The van der Waals surface area contributed by atoms with E-state index >= 15 is 0 Å². The Bertz CT molecular complexity index is 1570. The third-order valence-electron chi connectivity index (χ3n) is 5.23. The minimum absolute atomic E-state index is 0.0943. The van der Waals surface area contributed by atoms with Crippen molar-refractivity contribution in [2.24, 2.45) is 7.05 Å². The fourth-order valence-electron chi connectivity index (χ4n) is 3.57. The summed E-state index contributed by atoms with van der Waals surface area (Å²) in [6.07, 6.45) is 0. The third-order valence-corrected chi connectivity index (χ3v) is 6.86. The summed E-state index contributed by atoms with van der Waals surface area (Å²) in [6.45, 7) is 0. The lowest BCUT2D eigenvalue weighted by molar-refractivity contribution is 0.0974. The molecule has 0 atom stereocenters. The molecule has 4 rings (SSSR count). The smallest absolute Gasteiger partial charge is 0.281 e. The van der Waals surface area contributed by atoms with Gasteiger partial charge in [-0.3, -0.25) is 4.79 Å². The highest BCUT2D eigenvalue weighted by Crippen LogP contribution is 2.34. The van der Waals surface area contributed by atoms with Crippen molar-refractivity contribution in [1.29, 1.82) is 5.26 Å². The minimum atomic E-state index is -4.20. The van der Waals surface area contributed by atoms with Gasteiger partial charge in [0.25, 0.3) is 15.9 Å². The van der Waals surface area contributed by atoms with Crippen LogP contribution in [-0.4, -0.2) is 26.0 Å². The summed E-state index contributed by atoms with van der Waals surface area (Å²) < 4.78 is 34.4. The van der Waals surface area contributed by atoms with Crippen LogP contribution in [0, 0.1) is 11.3 Å². The normalized spacial score (nSPS) is 11.1. The zero-order valence-electron chi connectivity index (χ0n) is 18.2. The van der Waals surface area contributed by atoms with E-state index in [1.165, 1.54) is 28.8 Å². The zero-order valence-corrected chi connectivity index (χ0v) is 19.7. The molecule has 1 heterocycles. The van der Waals surface area contributed by atoms with Crippen molar-refractivity contribution in [3.8, 4) is 11.8 Å². The van der Waals surface area contributed by atoms with Gasteiger partial charge in [-0.1, -0.05) is 23.7 Å². The van der Waals surface area contributed by atoms with Gasteiger partial charge in [0.05, 0.1) is 34.2 Å². The maximum Gasteiger partial charge on any atom is 0.281 e. The zero-order chi connectivity index (χ0) is 24.5. The van der Waals surface area contributed by atoms with E-state index < -0.39 is 15.9 Å². The van der Waals surface area contributed by atoms with Crippen LogP contribution < -0.4 is 14.8 Å². The molecule has 0 unspecified atom stereocenters. The lowest BCUT2D eigenvalue weighted by atomic mass is 10.2. The van der Waals surface area contributed by atoms with Gasteiger partial charge < -0.3 is 14.6 Å². The van der Waals surface area contributed by atoms with Crippen molar-refractivity contribution in [2.45, 2.75) is 4.90 Å². The van der Waals surface area contributed by atoms with Crippen molar-refractivity contribution in [2.75, 3.05) is 12.4 Å². The Kier molecular flexibility index (Phi) is 6.20. The van der Waals surface area contributed by atoms with Crippen LogP contribution >= 0.6 is 11.6 Å². The van der Waals surface area contributed by atoms with Gasteiger partial charge in [-0.05, 0) is 48.5 Å². The first-order valence-electron chi connectivity index (χ1n) is 10.00. The van der Waals surface area contributed by atoms with Crippen molar-refractivity contribution in [1.82, 2.24) is 9.29 Å². The van der Waals surface area contributed by atoms with E-state index in [9.17, 15) is 13.2 Å². The maximum absolute atomic E-state index is 13.0. The topological polar surface area (TPSA) is 113 Å². The van der Waals surface area contributed by atoms with E-state index in [0.29, 0.717) is 27.4 Å². The molecule has 0 fully saturated rings. The molecule has 0 aliphatic heterocycles. The number of nitrogens with zero attached hydrogens (tertiary/aromatic N) is 2. The van der Waals surface area contributed by atoms with Crippen LogP contribution in [0.15, 0.2) is 71.6 Å². The van der Waals surface area contributed by atoms with E-state index in [4.69, 9.17) is 21.6 Å². The first-order chi connectivity index (χ1) is 16.2. The number of benzene rings is 3. The van der Waals surface area contributed by atoms with E-state index in [0.717, 1.165) is 5.69 Å². The average Bonchev–Trinajstić information content (AvgIpc) is 3.19. The molecule has 4 aromatic rings. The Morgan fingerprint density at radius 3 is 2.59 bits per heavy atom. The molecule has 34 heavy (non-hydrogen) atoms. The number of amides is 1. The fraction of sp³-hybridized carbons (Fsp3) is 0.0833. The molecule has 8 nitrogen and oxygen atoms in total. The number of nitrogens with one attached hydrogen (secondary N) is 2. The van der Waals surface area contributed by atoms with Gasteiger partial charge in [-0.2, -0.15) is 5.26 Å². The SMILES string of the molecule is COc1cccc(Nc2ccc(Cl)c3c2cc(C(=O)NS(=O)(=O)c2cccc(C#N)c2)n3C)c1. The lowest BCUT2D eigenvalue weighted by Crippen LogP contribution is -2.31. The van der Waals surface area contributed by atoms with Crippen LogP contribution in [0.1, 0.15) is 16.1 Å². The van der Waals surface area contributed by atoms with Gasteiger partial charge in [-0.15, -0.1) is 0 Å². The molecule has 1 aromatic heterocycles. The maximum atomic E-state index is 13.0. The molecule has 0 aliphatic rings. The molecule has 10 heteroatoms. The van der Waals surface area contributed by atoms with Gasteiger partial charge in [0.1, 0.15) is 11.4 Å². The molecule has 2 N–H and O–H groups in total. The molecule has 0 spiro atoms. The third kappa shape index (κ3) is 4.41. The summed E-state index contributed by atoms with van der Waals surface area (Å²) in [5.74, 6) is -0.154. The molecule has 3 aromatic carbocycles. The van der Waals surface area contributed by atoms with Crippen molar-refractivity contribution in [3.05, 3.63) is 83.0 Å². The number of ether oxygens (including phenoxy) is 1. The van der Waals surface area contributed by atoms with Crippen LogP contribution in [0.25, 0.3) is 10.9 Å². The second kappa shape index (κ2) is 9.09. The van der Waals surface area contributed by atoms with Crippen molar-refractivity contribution in [3.63, 3.8) is 0 Å². The Hall–Kier alpha value is -4.00. The highest BCUT2D eigenvalue weighted by atomic mass is 35.5. The number of hydrogen-bond donors (Lipinski definition) is 2. The number of halogens is 1. The number of carbonyl (C=O) groups excluding carboxylic acids is 1. The highest BCUT2D eigenvalue weighted by molar-refractivity contribution is 7.90. The van der Waals surface area contributed by atoms with Crippen LogP contribution in [0.5, 0.6) is 5.75 Å². The Labute approximate surface area is 201 Å². The summed E-state index contributed by atoms with van der Waals surface area (Å²) in [7, 11) is -0.995. The molecule has 0 aliphatic carbocycles. The Morgan fingerprint density at radius 2 is 1.85 bits per heavy atom. The second-order valence-corrected chi connectivity index (χ2v) is 9.47. The summed E-state index contributed by atoms with van der Waals surface area (Å²) >= 11 is 6.42.